The first-order valence-corrected chi connectivity index (χ1v) is 7.13. The van der Waals surface area contributed by atoms with Crippen molar-refractivity contribution in [3.63, 3.8) is 0 Å². The van der Waals surface area contributed by atoms with Gasteiger partial charge in [-0.25, -0.2) is 9.97 Å². The van der Waals surface area contributed by atoms with Gasteiger partial charge in [-0.15, -0.1) is 24.0 Å². The third kappa shape index (κ3) is 4.45. The van der Waals surface area contributed by atoms with E-state index in [4.69, 9.17) is 17.3 Å². The molecule has 2 rings (SSSR count). The van der Waals surface area contributed by atoms with Crippen LogP contribution in [0.15, 0.2) is 11.7 Å². The lowest BCUT2D eigenvalue weighted by molar-refractivity contribution is -0.689. The fraction of sp³-hybridized carbons (Fsp3) is 0.417. The Balaban J connectivity index is 0.00000180. The van der Waals surface area contributed by atoms with Crippen LogP contribution in [0.1, 0.15) is 22.0 Å². The van der Waals surface area contributed by atoms with Gasteiger partial charge in [0.1, 0.15) is 11.6 Å². The fourth-order valence-electron chi connectivity index (χ4n) is 1.75. The zero-order valence-corrected chi connectivity index (χ0v) is 14.4. The first-order chi connectivity index (χ1) is 8.61. The summed E-state index contributed by atoms with van der Waals surface area (Å²) in [5.41, 5.74) is 10.2. The van der Waals surface area contributed by atoms with E-state index in [0.717, 1.165) is 12.0 Å². The maximum absolute atomic E-state index is 5.90. The van der Waals surface area contributed by atoms with Crippen molar-refractivity contribution in [1.29, 1.82) is 0 Å². The molecule has 0 aliphatic carbocycles. The molecule has 0 aliphatic rings. The lowest BCUT2D eigenvalue weighted by Crippen LogP contribution is -3.00. The molecular weight excluding hydrogens is 339 g/mol. The average Bonchev–Trinajstić information content (AvgIpc) is 2.66. The number of hydrogen-bond donors (Lipinski definition) is 1. The van der Waals surface area contributed by atoms with Gasteiger partial charge >= 0.3 is 0 Å². The SMILES string of the molecule is Cc1ncc(C[n+]2csc(CCCl)c2C)c(N)n1.Cl.[Cl-]. The van der Waals surface area contributed by atoms with Gasteiger partial charge in [-0.1, -0.05) is 11.3 Å². The van der Waals surface area contributed by atoms with Crippen LogP contribution in [-0.2, 0) is 13.0 Å². The molecule has 2 heterocycles. The molecule has 0 atom stereocenters. The number of nitrogen functional groups attached to an aromatic ring is 1. The highest BCUT2D eigenvalue weighted by molar-refractivity contribution is 7.09. The van der Waals surface area contributed by atoms with Crippen molar-refractivity contribution >= 4 is 41.2 Å². The summed E-state index contributed by atoms with van der Waals surface area (Å²) in [6.07, 6.45) is 2.70. The molecule has 20 heavy (non-hydrogen) atoms. The Morgan fingerprint density at radius 3 is 2.70 bits per heavy atom. The second-order valence-corrected chi connectivity index (χ2v) is 5.44. The van der Waals surface area contributed by atoms with Crippen molar-refractivity contribution in [3.8, 4) is 0 Å². The molecule has 2 aromatic heterocycles. The second kappa shape index (κ2) is 8.62. The number of thiazole rings is 1. The highest BCUT2D eigenvalue weighted by Gasteiger charge is 2.16. The molecule has 2 aromatic rings. The predicted molar refractivity (Wildman–Crippen MR) is 81.2 cm³/mol. The first kappa shape index (κ1) is 19.4. The monoisotopic (exact) mass is 354 g/mol. The molecule has 112 valence electrons. The summed E-state index contributed by atoms with van der Waals surface area (Å²) < 4.78 is 2.16. The molecule has 0 amide bonds. The number of nitrogens with zero attached hydrogens (tertiary/aromatic N) is 3. The predicted octanol–water partition coefficient (Wildman–Crippen LogP) is -0.720. The Morgan fingerprint density at radius 2 is 2.10 bits per heavy atom. The van der Waals surface area contributed by atoms with Crippen molar-refractivity contribution in [2.45, 2.75) is 26.8 Å². The summed E-state index contributed by atoms with van der Waals surface area (Å²) in [4.78, 5) is 9.68. The number of rotatable bonds is 4. The number of anilines is 1. The Bertz CT molecular complexity index is 560. The summed E-state index contributed by atoms with van der Waals surface area (Å²) in [7, 11) is 0. The molecule has 8 heteroatoms. The molecule has 0 aromatic carbocycles. The number of aromatic nitrogens is 3. The molecule has 0 spiro atoms. The standard InChI is InChI=1S/C12H16ClN4S.2ClH/c1-8-11(3-4-13)18-7-17(8)6-10-5-15-9(2)16-12(10)14;;/h5,7H,3-4,6H2,1-2H3,(H2,14,15,16);2*1H/q+1;;/p-1. The van der Waals surface area contributed by atoms with Crippen molar-refractivity contribution in [2.24, 2.45) is 0 Å². The first-order valence-electron chi connectivity index (χ1n) is 5.72. The molecule has 0 aliphatic heterocycles. The van der Waals surface area contributed by atoms with E-state index in [-0.39, 0.29) is 24.8 Å². The van der Waals surface area contributed by atoms with E-state index >= 15 is 0 Å². The van der Waals surface area contributed by atoms with Gasteiger partial charge in [0, 0.05) is 25.4 Å². The quantitative estimate of drug-likeness (QED) is 0.582. The van der Waals surface area contributed by atoms with E-state index in [1.165, 1.54) is 10.6 Å². The number of nitrogens with two attached hydrogens (primary N) is 1. The molecule has 0 fully saturated rings. The van der Waals surface area contributed by atoms with Crippen molar-refractivity contribution < 1.29 is 17.0 Å². The van der Waals surface area contributed by atoms with Crippen molar-refractivity contribution in [2.75, 3.05) is 11.6 Å². The van der Waals surface area contributed by atoms with E-state index in [1.54, 1.807) is 17.5 Å². The van der Waals surface area contributed by atoms with Gasteiger partial charge < -0.3 is 18.1 Å². The van der Waals surface area contributed by atoms with E-state index in [0.29, 0.717) is 24.1 Å². The lowest BCUT2D eigenvalue weighted by atomic mass is 10.2. The Labute approximate surface area is 140 Å². The van der Waals surface area contributed by atoms with Gasteiger partial charge in [0.25, 0.3) is 0 Å². The van der Waals surface area contributed by atoms with E-state index in [9.17, 15) is 0 Å². The van der Waals surface area contributed by atoms with Crippen LogP contribution in [0, 0.1) is 13.8 Å². The maximum atomic E-state index is 5.90. The number of halogens is 3. The van der Waals surface area contributed by atoms with Crippen LogP contribution < -0.4 is 22.7 Å². The minimum atomic E-state index is 0. The minimum Gasteiger partial charge on any atom is -1.00 e. The summed E-state index contributed by atoms with van der Waals surface area (Å²) in [5, 5.41) is 0. The van der Waals surface area contributed by atoms with Crippen LogP contribution >= 0.6 is 35.3 Å². The highest BCUT2D eigenvalue weighted by atomic mass is 35.5. The van der Waals surface area contributed by atoms with Crippen LogP contribution in [0.3, 0.4) is 0 Å². The number of aryl methyl sites for hydroxylation is 2. The van der Waals surface area contributed by atoms with Gasteiger partial charge in [-0.3, -0.25) is 0 Å². The maximum Gasteiger partial charge on any atom is 0.225 e. The normalized spacial score (nSPS) is 9.75. The highest BCUT2D eigenvalue weighted by Crippen LogP contribution is 2.14. The Kier molecular flexibility index (Phi) is 8.35. The smallest absolute Gasteiger partial charge is 0.225 e. The molecule has 2 N–H and O–H groups in total. The van der Waals surface area contributed by atoms with Gasteiger partial charge in [0.2, 0.25) is 5.51 Å². The molecule has 0 radical (unpaired) electrons. The number of alkyl halides is 1. The van der Waals surface area contributed by atoms with Crippen LogP contribution in [0.2, 0.25) is 0 Å². The topological polar surface area (TPSA) is 55.7 Å². The summed E-state index contributed by atoms with van der Waals surface area (Å²) >= 11 is 7.50. The van der Waals surface area contributed by atoms with Crippen LogP contribution in [0.4, 0.5) is 5.82 Å². The minimum absolute atomic E-state index is 0. The van der Waals surface area contributed by atoms with Gasteiger partial charge in [0.15, 0.2) is 12.2 Å². The summed E-state index contributed by atoms with van der Waals surface area (Å²) in [5.74, 6) is 1.91. The van der Waals surface area contributed by atoms with Gasteiger partial charge in [-0.05, 0) is 6.92 Å². The number of hydrogen-bond acceptors (Lipinski definition) is 4. The summed E-state index contributed by atoms with van der Waals surface area (Å²) in [6.45, 7) is 4.64. The zero-order valence-electron chi connectivity index (χ0n) is 11.3. The van der Waals surface area contributed by atoms with Gasteiger partial charge in [-0.2, -0.15) is 4.57 Å². The van der Waals surface area contributed by atoms with Gasteiger partial charge in [0.05, 0.1) is 10.4 Å². The van der Waals surface area contributed by atoms with E-state index in [2.05, 4.69) is 27.0 Å². The lowest BCUT2D eigenvalue weighted by Gasteiger charge is -2.01. The Hall–Kier alpha value is -0.620. The van der Waals surface area contributed by atoms with E-state index < -0.39 is 0 Å². The van der Waals surface area contributed by atoms with E-state index in [1.807, 2.05) is 6.92 Å². The second-order valence-electron chi connectivity index (χ2n) is 4.13. The molecule has 0 saturated heterocycles. The Morgan fingerprint density at radius 1 is 1.40 bits per heavy atom. The third-order valence-electron chi connectivity index (χ3n) is 2.84. The van der Waals surface area contributed by atoms with Crippen LogP contribution in [0.25, 0.3) is 0 Å². The molecule has 0 saturated carbocycles. The summed E-state index contributed by atoms with van der Waals surface area (Å²) in [6, 6.07) is 0. The average molecular weight is 356 g/mol. The molecular formula is C12H17Cl3N4S. The van der Waals surface area contributed by atoms with Crippen LogP contribution in [0.5, 0.6) is 0 Å². The molecule has 0 bridgehead atoms. The van der Waals surface area contributed by atoms with Crippen LogP contribution in [-0.4, -0.2) is 15.8 Å². The molecule has 0 unspecified atom stereocenters. The molecule has 4 nitrogen and oxygen atoms in total. The van der Waals surface area contributed by atoms with Crippen molar-refractivity contribution in [3.05, 3.63) is 33.7 Å². The zero-order chi connectivity index (χ0) is 13.1. The third-order valence-corrected chi connectivity index (χ3v) is 4.17. The fourth-order valence-corrected chi connectivity index (χ4v) is 3.05. The largest absolute Gasteiger partial charge is 1.00 e. The van der Waals surface area contributed by atoms with Crippen molar-refractivity contribution in [1.82, 2.24) is 9.97 Å².